The van der Waals surface area contributed by atoms with E-state index < -0.39 is 11.9 Å². The van der Waals surface area contributed by atoms with Crippen molar-refractivity contribution in [2.45, 2.75) is 12.8 Å². The molecule has 3 rings (SSSR count). The van der Waals surface area contributed by atoms with Gasteiger partial charge in [0.2, 0.25) is 0 Å². The summed E-state index contributed by atoms with van der Waals surface area (Å²) in [7, 11) is 1.83. The fraction of sp³-hybridized carbons (Fsp3) is 0.250. The van der Waals surface area contributed by atoms with Gasteiger partial charge in [0, 0.05) is 25.0 Å². The number of carboxylic acid groups (broad SMARTS) is 1. The number of aliphatic carboxylic acids is 1. The molecule has 0 saturated heterocycles. The molecule has 2 heterocycles. The molecule has 5 nitrogen and oxygen atoms in total. The highest BCUT2D eigenvalue weighted by Crippen LogP contribution is 2.37. The molecular weight excluding hydrogens is 268 g/mol. The number of hydrogen-bond acceptors (Lipinski definition) is 2. The van der Waals surface area contributed by atoms with Crippen molar-refractivity contribution in [3.05, 3.63) is 53.3 Å². The van der Waals surface area contributed by atoms with Crippen molar-refractivity contribution < 1.29 is 14.7 Å². The van der Waals surface area contributed by atoms with E-state index in [4.69, 9.17) is 0 Å². The summed E-state index contributed by atoms with van der Waals surface area (Å²) < 4.78 is 1.82. The minimum Gasteiger partial charge on any atom is -0.481 e. The van der Waals surface area contributed by atoms with Crippen LogP contribution in [-0.2, 0) is 11.8 Å². The van der Waals surface area contributed by atoms with Crippen LogP contribution in [0.25, 0.3) is 0 Å². The molecule has 0 bridgehead atoms. The first kappa shape index (κ1) is 13.4. The van der Waals surface area contributed by atoms with E-state index in [0.717, 1.165) is 5.69 Å². The van der Waals surface area contributed by atoms with E-state index >= 15 is 0 Å². The van der Waals surface area contributed by atoms with Crippen molar-refractivity contribution >= 4 is 17.6 Å². The van der Waals surface area contributed by atoms with Gasteiger partial charge in [0.05, 0.1) is 0 Å². The quantitative estimate of drug-likeness (QED) is 0.919. The number of anilines is 1. The summed E-state index contributed by atoms with van der Waals surface area (Å²) >= 11 is 0. The zero-order valence-corrected chi connectivity index (χ0v) is 11.9. The van der Waals surface area contributed by atoms with E-state index in [-0.39, 0.29) is 12.5 Å². The number of rotatable bonds is 2. The summed E-state index contributed by atoms with van der Waals surface area (Å²) in [5, 5.41) is 9.35. The molecule has 0 aliphatic carbocycles. The summed E-state index contributed by atoms with van der Waals surface area (Å²) in [6.45, 7) is 2.10. The molecule has 5 heteroatoms. The zero-order chi connectivity index (χ0) is 15.1. The third kappa shape index (κ3) is 2.01. The summed E-state index contributed by atoms with van der Waals surface area (Å²) in [4.78, 5) is 25.7. The van der Waals surface area contributed by atoms with Crippen LogP contribution in [0.4, 0.5) is 5.69 Å². The van der Waals surface area contributed by atoms with Gasteiger partial charge in [-0.2, -0.15) is 0 Å². The highest BCUT2D eigenvalue weighted by Gasteiger charge is 2.37. The molecule has 1 atom stereocenters. The molecule has 1 aromatic carbocycles. The Balaban J connectivity index is 2.03. The number of benzene rings is 1. The Morgan fingerprint density at radius 3 is 2.52 bits per heavy atom. The van der Waals surface area contributed by atoms with Crippen molar-refractivity contribution in [3.63, 3.8) is 0 Å². The largest absolute Gasteiger partial charge is 0.481 e. The molecular formula is C16H16N2O3. The Labute approximate surface area is 122 Å². The van der Waals surface area contributed by atoms with Crippen LogP contribution in [0.2, 0.25) is 0 Å². The fourth-order valence-electron chi connectivity index (χ4n) is 2.78. The Hall–Kier alpha value is -2.56. The molecule has 1 aliphatic heterocycles. The number of para-hydroxylation sites is 1. The Morgan fingerprint density at radius 1 is 1.19 bits per heavy atom. The molecule has 1 N–H and O–H groups in total. The molecule has 1 aliphatic rings. The number of carbonyl (C=O) groups excluding carboxylic acids is 1. The van der Waals surface area contributed by atoms with Gasteiger partial charge in [0.25, 0.3) is 5.91 Å². The molecule has 0 saturated carbocycles. The molecule has 0 spiro atoms. The van der Waals surface area contributed by atoms with E-state index in [2.05, 4.69) is 0 Å². The van der Waals surface area contributed by atoms with Gasteiger partial charge in [0.15, 0.2) is 0 Å². The van der Waals surface area contributed by atoms with E-state index in [0.29, 0.717) is 16.9 Å². The van der Waals surface area contributed by atoms with Crippen LogP contribution in [-0.4, -0.2) is 28.1 Å². The summed E-state index contributed by atoms with van der Waals surface area (Å²) in [5.74, 6) is -1.73. The van der Waals surface area contributed by atoms with Crippen LogP contribution in [0.15, 0.2) is 36.4 Å². The second-order valence-electron chi connectivity index (χ2n) is 5.28. The van der Waals surface area contributed by atoms with Crippen LogP contribution < -0.4 is 4.90 Å². The smallest absolute Gasteiger partial charge is 0.312 e. The van der Waals surface area contributed by atoms with Crippen LogP contribution in [0.3, 0.4) is 0 Å². The highest BCUT2D eigenvalue weighted by molar-refractivity contribution is 6.08. The normalized spacial score (nSPS) is 16.9. The van der Waals surface area contributed by atoms with Crippen molar-refractivity contribution in [1.29, 1.82) is 0 Å². The molecule has 0 fully saturated rings. The molecule has 1 amide bonds. The first-order valence-electron chi connectivity index (χ1n) is 6.76. The van der Waals surface area contributed by atoms with Crippen molar-refractivity contribution in [2.75, 3.05) is 11.4 Å². The van der Waals surface area contributed by atoms with Crippen LogP contribution >= 0.6 is 0 Å². The van der Waals surface area contributed by atoms with Gasteiger partial charge < -0.3 is 14.6 Å². The molecule has 108 valence electrons. The Bertz CT molecular complexity index is 733. The number of nitrogens with zero attached hydrogens (tertiary/aromatic N) is 2. The second-order valence-corrected chi connectivity index (χ2v) is 5.28. The van der Waals surface area contributed by atoms with E-state index in [1.54, 1.807) is 29.2 Å². The lowest BCUT2D eigenvalue weighted by molar-refractivity contribution is -0.138. The van der Waals surface area contributed by atoms with E-state index in [9.17, 15) is 14.7 Å². The molecule has 21 heavy (non-hydrogen) atoms. The molecule has 1 aromatic heterocycles. The maximum atomic E-state index is 12.7. The number of hydrogen-bond donors (Lipinski definition) is 1. The molecule has 2 aromatic rings. The molecule has 0 radical (unpaired) electrons. The van der Waals surface area contributed by atoms with Gasteiger partial charge in [-0.25, -0.2) is 0 Å². The lowest BCUT2D eigenvalue weighted by Gasteiger charge is -2.18. The first-order valence-corrected chi connectivity index (χ1v) is 6.76. The minimum atomic E-state index is -0.902. The number of carbonyl (C=O) groups is 2. The van der Waals surface area contributed by atoms with Crippen LogP contribution in [0.5, 0.6) is 0 Å². The van der Waals surface area contributed by atoms with Gasteiger partial charge in [-0.05, 0) is 30.7 Å². The number of carboxylic acids is 1. The van der Waals surface area contributed by atoms with Crippen LogP contribution in [0, 0.1) is 6.92 Å². The van der Waals surface area contributed by atoms with Crippen molar-refractivity contribution in [1.82, 2.24) is 4.57 Å². The summed E-state index contributed by atoms with van der Waals surface area (Å²) in [6.07, 6.45) is 0. The predicted octanol–water partition coefficient (Wildman–Crippen LogP) is 2.16. The maximum Gasteiger partial charge on any atom is 0.312 e. The predicted molar refractivity (Wildman–Crippen MR) is 78.6 cm³/mol. The van der Waals surface area contributed by atoms with Gasteiger partial charge in [0.1, 0.15) is 11.6 Å². The monoisotopic (exact) mass is 284 g/mol. The average Bonchev–Trinajstić information content (AvgIpc) is 3.00. The molecule has 0 unspecified atom stereocenters. The number of amides is 1. The third-order valence-electron chi connectivity index (χ3n) is 4.10. The number of fused-ring (bicyclic) bond motifs is 1. The topological polar surface area (TPSA) is 62.5 Å². The van der Waals surface area contributed by atoms with Gasteiger partial charge in [-0.15, -0.1) is 0 Å². The third-order valence-corrected chi connectivity index (χ3v) is 4.10. The number of aromatic nitrogens is 1. The maximum absolute atomic E-state index is 12.7. The first-order chi connectivity index (χ1) is 10.0. The van der Waals surface area contributed by atoms with Crippen molar-refractivity contribution in [2.24, 2.45) is 7.05 Å². The Kier molecular flexibility index (Phi) is 3.05. The zero-order valence-electron chi connectivity index (χ0n) is 11.9. The van der Waals surface area contributed by atoms with Gasteiger partial charge in [-0.1, -0.05) is 18.2 Å². The summed E-state index contributed by atoms with van der Waals surface area (Å²) in [5.41, 5.74) is 2.94. The van der Waals surface area contributed by atoms with Gasteiger partial charge in [-0.3, -0.25) is 9.59 Å². The average molecular weight is 284 g/mol. The Morgan fingerprint density at radius 2 is 1.90 bits per heavy atom. The number of aryl methyl sites for hydroxylation is 1. The standard InChI is InChI=1S/C16H16N2O3/c1-10-7-8-14(17(10)2)15(19)18-9-12(16(20)21)11-5-3-4-6-13(11)18/h3-8,12H,9H2,1-2H3,(H,20,21)/t12-/m1/s1. The highest BCUT2D eigenvalue weighted by atomic mass is 16.4. The van der Waals surface area contributed by atoms with Crippen molar-refractivity contribution in [3.8, 4) is 0 Å². The van der Waals surface area contributed by atoms with E-state index in [1.807, 2.05) is 30.7 Å². The SMILES string of the molecule is Cc1ccc(C(=O)N2C[C@@H](C(=O)O)c3ccccc32)n1C. The summed E-state index contributed by atoms with van der Waals surface area (Å²) in [6, 6.07) is 10.8. The fourth-order valence-corrected chi connectivity index (χ4v) is 2.78. The second kappa shape index (κ2) is 4.77. The van der Waals surface area contributed by atoms with E-state index in [1.165, 1.54) is 0 Å². The minimum absolute atomic E-state index is 0.165. The van der Waals surface area contributed by atoms with Crippen LogP contribution in [0.1, 0.15) is 27.7 Å². The lowest BCUT2D eigenvalue weighted by Crippen LogP contribution is -2.32. The lowest BCUT2D eigenvalue weighted by atomic mass is 10.0. The van der Waals surface area contributed by atoms with Gasteiger partial charge >= 0.3 is 5.97 Å².